The smallest absolute Gasteiger partial charge is 0.296 e. The van der Waals surface area contributed by atoms with E-state index in [9.17, 15) is 4.79 Å². The second-order valence-electron chi connectivity index (χ2n) is 3.65. The van der Waals surface area contributed by atoms with E-state index in [4.69, 9.17) is 23.2 Å². The number of hydrogen-bond acceptors (Lipinski definition) is 5. The Hall–Kier alpha value is -1.73. The number of carbonyl (C=O) groups is 1. The molecule has 0 fully saturated rings. The standard InChI is InChI=1S/C10H10Cl2N6O/c1-2-3-6-14-8(18-17-6)9(19)15-7-4-5(11)13-10(12)16-7/h4H,2-3H2,1H3,(H,14,17,18)(H,13,15,16,19). The average Bonchev–Trinajstić information content (AvgIpc) is 2.76. The van der Waals surface area contributed by atoms with E-state index in [0.29, 0.717) is 5.82 Å². The normalized spacial score (nSPS) is 10.5. The van der Waals surface area contributed by atoms with Crippen LogP contribution in [0.25, 0.3) is 0 Å². The first kappa shape index (κ1) is 13.7. The molecule has 0 saturated carbocycles. The van der Waals surface area contributed by atoms with Crippen LogP contribution < -0.4 is 5.32 Å². The van der Waals surface area contributed by atoms with E-state index in [1.807, 2.05) is 6.92 Å². The third-order valence-electron chi connectivity index (χ3n) is 2.13. The molecule has 19 heavy (non-hydrogen) atoms. The van der Waals surface area contributed by atoms with Gasteiger partial charge in [-0.15, -0.1) is 5.10 Å². The first-order valence-corrected chi connectivity index (χ1v) is 6.26. The Morgan fingerprint density at radius 1 is 1.37 bits per heavy atom. The lowest BCUT2D eigenvalue weighted by atomic mass is 10.3. The molecule has 0 aliphatic carbocycles. The van der Waals surface area contributed by atoms with Crippen LogP contribution in [0, 0.1) is 0 Å². The topological polar surface area (TPSA) is 96.5 Å². The first-order chi connectivity index (χ1) is 9.08. The summed E-state index contributed by atoms with van der Waals surface area (Å²) >= 11 is 11.3. The summed E-state index contributed by atoms with van der Waals surface area (Å²) in [6, 6.07) is 1.38. The number of aromatic nitrogens is 5. The Balaban J connectivity index is 2.11. The molecule has 0 aliphatic heterocycles. The molecular weight excluding hydrogens is 291 g/mol. The maximum atomic E-state index is 11.9. The molecule has 7 nitrogen and oxygen atoms in total. The highest BCUT2D eigenvalue weighted by Gasteiger charge is 2.13. The van der Waals surface area contributed by atoms with Crippen molar-refractivity contribution in [2.75, 3.05) is 5.32 Å². The van der Waals surface area contributed by atoms with Gasteiger partial charge in [-0.05, 0) is 18.0 Å². The molecule has 100 valence electrons. The fraction of sp³-hybridized carbons (Fsp3) is 0.300. The van der Waals surface area contributed by atoms with Gasteiger partial charge in [0.25, 0.3) is 5.91 Å². The molecule has 2 rings (SSSR count). The van der Waals surface area contributed by atoms with Gasteiger partial charge in [0.15, 0.2) is 0 Å². The van der Waals surface area contributed by atoms with Crippen LogP contribution in [0.2, 0.25) is 10.4 Å². The molecule has 9 heteroatoms. The van der Waals surface area contributed by atoms with Crippen LogP contribution in [0.1, 0.15) is 29.8 Å². The zero-order valence-corrected chi connectivity index (χ0v) is 11.5. The number of nitrogens with one attached hydrogen (secondary N) is 2. The molecular formula is C10H10Cl2N6O. The van der Waals surface area contributed by atoms with Crippen LogP contribution >= 0.6 is 23.2 Å². The van der Waals surface area contributed by atoms with E-state index in [1.54, 1.807) is 0 Å². The van der Waals surface area contributed by atoms with Crippen molar-refractivity contribution in [2.24, 2.45) is 0 Å². The zero-order valence-electron chi connectivity index (χ0n) is 9.94. The van der Waals surface area contributed by atoms with Gasteiger partial charge in [0.2, 0.25) is 11.1 Å². The molecule has 1 amide bonds. The third-order valence-corrected chi connectivity index (χ3v) is 2.49. The Morgan fingerprint density at radius 2 is 2.16 bits per heavy atom. The second-order valence-corrected chi connectivity index (χ2v) is 4.38. The van der Waals surface area contributed by atoms with Crippen LogP contribution in [-0.2, 0) is 6.42 Å². The predicted octanol–water partition coefficient (Wildman–Crippen LogP) is 2.11. The third kappa shape index (κ3) is 3.62. The monoisotopic (exact) mass is 300 g/mol. The van der Waals surface area contributed by atoms with Crippen molar-refractivity contribution >= 4 is 34.9 Å². The van der Waals surface area contributed by atoms with Gasteiger partial charge in [-0.2, -0.15) is 0 Å². The Kier molecular flexibility index (Phi) is 4.28. The van der Waals surface area contributed by atoms with Gasteiger partial charge in [-0.25, -0.2) is 15.0 Å². The summed E-state index contributed by atoms with van der Waals surface area (Å²) in [5.74, 6) is 0.391. The van der Waals surface area contributed by atoms with Gasteiger partial charge in [0.1, 0.15) is 16.8 Å². The van der Waals surface area contributed by atoms with E-state index < -0.39 is 5.91 Å². The molecule has 2 heterocycles. The second kappa shape index (κ2) is 5.94. The Labute approximate surface area is 118 Å². The van der Waals surface area contributed by atoms with Crippen molar-refractivity contribution < 1.29 is 4.79 Å². The number of amides is 1. The summed E-state index contributed by atoms with van der Waals surface area (Å²) in [4.78, 5) is 23.4. The first-order valence-electron chi connectivity index (χ1n) is 5.51. The van der Waals surface area contributed by atoms with Gasteiger partial charge in [0.05, 0.1) is 0 Å². The van der Waals surface area contributed by atoms with Crippen LogP contribution in [0.4, 0.5) is 5.82 Å². The van der Waals surface area contributed by atoms with Crippen molar-refractivity contribution in [3.05, 3.63) is 28.2 Å². The lowest BCUT2D eigenvalue weighted by Crippen LogP contribution is -2.15. The maximum Gasteiger partial charge on any atom is 0.296 e. The number of rotatable bonds is 4. The van der Waals surface area contributed by atoms with Gasteiger partial charge >= 0.3 is 0 Å². The number of nitrogens with zero attached hydrogens (tertiary/aromatic N) is 4. The minimum absolute atomic E-state index is 0.0364. The number of anilines is 1. The lowest BCUT2D eigenvalue weighted by Gasteiger charge is -2.01. The van der Waals surface area contributed by atoms with E-state index in [-0.39, 0.29) is 22.1 Å². The largest absolute Gasteiger partial charge is 0.304 e. The summed E-state index contributed by atoms with van der Waals surface area (Å²) in [6.45, 7) is 2.01. The predicted molar refractivity (Wildman–Crippen MR) is 70.4 cm³/mol. The van der Waals surface area contributed by atoms with Crippen LogP contribution in [-0.4, -0.2) is 31.1 Å². The fourth-order valence-electron chi connectivity index (χ4n) is 1.37. The number of hydrogen-bond donors (Lipinski definition) is 2. The highest BCUT2D eigenvalue weighted by atomic mass is 35.5. The number of aromatic amines is 1. The van der Waals surface area contributed by atoms with E-state index in [0.717, 1.165) is 12.8 Å². The van der Waals surface area contributed by atoms with E-state index >= 15 is 0 Å². The van der Waals surface area contributed by atoms with Gasteiger partial charge in [0, 0.05) is 12.5 Å². The SMILES string of the molecule is CCCc1nc(C(=O)Nc2cc(Cl)nc(Cl)n2)n[nH]1. The molecule has 0 atom stereocenters. The number of halogens is 2. The summed E-state index contributed by atoms with van der Waals surface area (Å²) < 4.78 is 0. The molecule has 0 unspecified atom stereocenters. The quantitative estimate of drug-likeness (QED) is 0.666. The maximum absolute atomic E-state index is 11.9. The highest BCUT2D eigenvalue weighted by molar-refractivity contribution is 6.32. The van der Waals surface area contributed by atoms with Crippen molar-refractivity contribution in [2.45, 2.75) is 19.8 Å². The van der Waals surface area contributed by atoms with Crippen molar-refractivity contribution in [1.29, 1.82) is 0 Å². The Morgan fingerprint density at radius 3 is 2.84 bits per heavy atom. The van der Waals surface area contributed by atoms with Crippen LogP contribution in [0.15, 0.2) is 6.07 Å². The lowest BCUT2D eigenvalue weighted by molar-refractivity contribution is 0.101. The van der Waals surface area contributed by atoms with Gasteiger partial charge < -0.3 is 5.32 Å². The average molecular weight is 301 g/mol. The zero-order chi connectivity index (χ0) is 13.8. The number of H-pyrrole nitrogens is 1. The van der Waals surface area contributed by atoms with Crippen molar-refractivity contribution in [3.63, 3.8) is 0 Å². The highest BCUT2D eigenvalue weighted by Crippen LogP contribution is 2.14. The molecule has 0 aliphatic rings. The van der Waals surface area contributed by atoms with Gasteiger partial charge in [-0.1, -0.05) is 18.5 Å². The molecule has 2 aromatic heterocycles. The minimum atomic E-state index is -0.496. The van der Waals surface area contributed by atoms with Crippen LogP contribution in [0.3, 0.4) is 0 Å². The van der Waals surface area contributed by atoms with E-state index in [2.05, 4.69) is 30.5 Å². The molecule has 0 radical (unpaired) electrons. The minimum Gasteiger partial charge on any atom is -0.304 e. The summed E-state index contributed by atoms with van der Waals surface area (Å²) in [5.41, 5.74) is 0. The van der Waals surface area contributed by atoms with Crippen molar-refractivity contribution in [3.8, 4) is 0 Å². The molecule has 0 aromatic carbocycles. The van der Waals surface area contributed by atoms with Crippen LogP contribution in [0.5, 0.6) is 0 Å². The van der Waals surface area contributed by atoms with Crippen molar-refractivity contribution in [1.82, 2.24) is 25.1 Å². The molecule has 0 saturated heterocycles. The van der Waals surface area contributed by atoms with Gasteiger partial charge in [-0.3, -0.25) is 9.89 Å². The number of aryl methyl sites for hydroxylation is 1. The fourth-order valence-corrected chi connectivity index (χ4v) is 1.78. The Bertz CT molecular complexity index is 579. The summed E-state index contributed by atoms with van der Waals surface area (Å²) in [7, 11) is 0. The summed E-state index contributed by atoms with van der Waals surface area (Å²) in [5, 5.41) is 9.08. The number of carbonyl (C=O) groups excluding carboxylic acids is 1. The van der Waals surface area contributed by atoms with E-state index in [1.165, 1.54) is 6.07 Å². The summed E-state index contributed by atoms with van der Waals surface area (Å²) in [6.07, 6.45) is 1.64. The molecule has 2 N–H and O–H groups in total. The molecule has 0 bridgehead atoms. The molecule has 2 aromatic rings. The molecule has 0 spiro atoms.